The number of aromatic hydroxyl groups is 2. The predicted octanol–water partition coefficient (Wildman–Crippen LogP) is 9.03. The molecule has 0 saturated heterocycles. The zero-order chi connectivity index (χ0) is 26.1. The van der Waals surface area contributed by atoms with E-state index in [9.17, 15) is 10.2 Å². The first kappa shape index (κ1) is 28.6. The predicted molar refractivity (Wildman–Crippen MR) is 153 cm³/mol. The van der Waals surface area contributed by atoms with Crippen molar-refractivity contribution in [2.24, 2.45) is 0 Å². The highest BCUT2D eigenvalue weighted by Crippen LogP contribution is 2.30. The summed E-state index contributed by atoms with van der Waals surface area (Å²) in [5.74, 6) is 1.83. The van der Waals surface area contributed by atoms with Crippen LogP contribution in [0.5, 0.6) is 11.5 Å². The fourth-order valence-electron chi connectivity index (χ4n) is 4.75. The first-order valence-electron chi connectivity index (χ1n) is 14.5. The standard InChI is InChI=1S/C32H45N3O2/c1-2-3-4-5-6-7-8-9-10-11-12-13-14-15-16-25-30-33-31(26-21-17-19-23-28(26)36)35-32(34-30)27-22-18-20-24-29(27)37/h17-24,36-37H,2-16,25H2,1H3. The fourth-order valence-corrected chi connectivity index (χ4v) is 4.75. The van der Waals surface area contributed by atoms with E-state index < -0.39 is 0 Å². The van der Waals surface area contributed by atoms with Gasteiger partial charge in [0, 0.05) is 6.42 Å². The molecule has 0 radical (unpaired) electrons. The fraction of sp³-hybridized carbons (Fsp3) is 0.531. The Bertz CT molecular complexity index is 990. The van der Waals surface area contributed by atoms with Crippen LogP contribution in [0.25, 0.3) is 22.8 Å². The smallest absolute Gasteiger partial charge is 0.167 e. The van der Waals surface area contributed by atoms with Gasteiger partial charge in [-0.3, -0.25) is 0 Å². The number of aryl methyl sites for hydroxylation is 1. The number of para-hydroxylation sites is 2. The molecule has 0 aliphatic carbocycles. The summed E-state index contributed by atoms with van der Waals surface area (Å²) in [5.41, 5.74) is 1.14. The molecule has 0 atom stereocenters. The molecular formula is C32H45N3O2. The van der Waals surface area contributed by atoms with Gasteiger partial charge in [0.1, 0.15) is 17.3 Å². The lowest BCUT2D eigenvalue weighted by Gasteiger charge is -2.10. The van der Waals surface area contributed by atoms with E-state index in [1.807, 2.05) is 12.1 Å². The van der Waals surface area contributed by atoms with E-state index in [0.717, 1.165) is 19.3 Å². The van der Waals surface area contributed by atoms with Gasteiger partial charge in [0.05, 0.1) is 11.1 Å². The largest absolute Gasteiger partial charge is 0.507 e. The molecule has 0 amide bonds. The minimum atomic E-state index is 0.134. The van der Waals surface area contributed by atoms with Crippen LogP contribution in [0.2, 0.25) is 0 Å². The highest BCUT2D eigenvalue weighted by molar-refractivity contribution is 5.68. The molecule has 200 valence electrons. The van der Waals surface area contributed by atoms with Gasteiger partial charge in [-0.05, 0) is 30.7 Å². The maximum absolute atomic E-state index is 10.3. The lowest BCUT2D eigenvalue weighted by atomic mass is 10.0. The van der Waals surface area contributed by atoms with E-state index in [1.54, 1.807) is 36.4 Å². The molecule has 3 rings (SSSR count). The number of nitrogens with zero attached hydrogens (tertiary/aromatic N) is 3. The number of hydrogen-bond donors (Lipinski definition) is 2. The van der Waals surface area contributed by atoms with Crippen LogP contribution in [0.15, 0.2) is 48.5 Å². The molecular weight excluding hydrogens is 458 g/mol. The third kappa shape index (κ3) is 10.1. The van der Waals surface area contributed by atoms with Crippen molar-refractivity contribution in [2.45, 2.75) is 110 Å². The zero-order valence-corrected chi connectivity index (χ0v) is 22.7. The van der Waals surface area contributed by atoms with Gasteiger partial charge >= 0.3 is 0 Å². The Kier molecular flexibility index (Phi) is 12.9. The van der Waals surface area contributed by atoms with Gasteiger partial charge in [-0.1, -0.05) is 121 Å². The Morgan fingerprint density at radius 2 is 0.865 bits per heavy atom. The summed E-state index contributed by atoms with van der Waals surface area (Å²) in [4.78, 5) is 13.9. The molecule has 0 bridgehead atoms. The quantitative estimate of drug-likeness (QED) is 0.169. The third-order valence-electron chi connectivity index (χ3n) is 6.98. The summed E-state index contributed by atoms with van der Waals surface area (Å²) in [5, 5.41) is 20.7. The van der Waals surface area contributed by atoms with Crippen molar-refractivity contribution < 1.29 is 10.2 Å². The van der Waals surface area contributed by atoms with Gasteiger partial charge in [-0.25, -0.2) is 15.0 Å². The third-order valence-corrected chi connectivity index (χ3v) is 6.98. The van der Waals surface area contributed by atoms with E-state index in [0.29, 0.717) is 28.6 Å². The van der Waals surface area contributed by atoms with Crippen molar-refractivity contribution in [3.8, 4) is 34.3 Å². The molecule has 1 aromatic heterocycles. The molecule has 2 aromatic carbocycles. The van der Waals surface area contributed by atoms with E-state index >= 15 is 0 Å². The number of unbranched alkanes of at least 4 members (excludes halogenated alkanes) is 14. The van der Waals surface area contributed by atoms with Crippen molar-refractivity contribution in [1.29, 1.82) is 0 Å². The van der Waals surface area contributed by atoms with Gasteiger partial charge in [0.25, 0.3) is 0 Å². The first-order chi connectivity index (χ1) is 18.2. The monoisotopic (exact) mass is 503 g/mol. The molecule has 0 saturated carbocycles. The highest BCUT2D eigenvalue weighted by Gasteiger charge is 2.14. The molecule has 0 fully saturated rings. The summed E-state index contributed by atoms with van der Waals surface area (Å²) in [6.07, 6.45) is 20.7. The van der Waals surface area contributed by atoms with Crippen LogP contribution in [0.1, 0.15) is 109 Å². The average molecular weight is 504 g/mol. The van der Waals surface area contributed by atoms with Crippen molar-refractivity contribution in [3.63, 3.8) is 0 Å². The topological polar surface area (TPSA) is 79.1 Å². The normalized spacial score (nSPS) is 11.2. The second-order valence-corrected chi connectivity index (χ2v) is 10.1. The second kappa shape index (κ2) is 16.7. The molecule has 0 aliphatic heterocycles. The number of aromatic nitrogens is 3. The molecule has 0 aliphatic rings. The number of phenols is 2. The van der Waals surface area contributed by atoms with Crippen molar-refractivity contribution >= 4 is 0 Å². The van der Waals surface area contributed by atoms with Gasteiger partial charge in [0.15, 0.2) is 11.6 Å². The van der Waals surface area contributed by atoms with Crippen molar-refractivity contribution in [3.05, 3.63) is 54.4 Å². The van der Waals surface area contributed by atoms with Crippen molar-refractivity contribution in [2.75, 3.05) is 0 Å². The zero-order valence-electron chi connectivity index (χ0n) is 22.7. The number of rotatable bonds is 18. The minimum Gasteiger partial charge on any atom is -0.507 e. The van der Waals surface area contributed by atoms with E-state index in [1.165, 1.54) is 83.5 Å². The Labute approximate surface area is 223 Å². The molecule has 0 unspecified atom stereocenters. The van der Waals surface area contributed by atoms with Crippen LogP contribution in [0.3, 0.4) is 0 Å². The first-order valence-corrected chi connectivity index (χ1v) is 14.5. The summed E-state index contributed by atoms with van der Waals surface area (Å²) < 4.78 is 0. The Morgan fingerprint density at radius 1 is 0.486 bits per heavy atom. The van der Waals surface area contributed by atoms with Crippen LogP contribution in [0, 0.1) is 0 Å². The molecule has 2 N–H and O–H groups in total. The van der Waals surface area contributed by atoms with Crippen LogP contribution in [-0.2, 0) is 6.42 Å². The van der Waals surface area contributed by atoms with Crippen LogP contribution in [0.4, 0.5) is 0 Å². The molecule has 5 heteroatoms. The summed E-state index contributed by atoms with van der Waals surface area (Å²) in [6, 6.07) is 14.1. The molecule has 0 spiro atoms. The lowest BCUT2D eigenvalue weighted by molar-refractivity contribution is 0.476. The SMILES string of the molecule is CCCCCCCCCCCCCCCCCc1nc(-c2ccccc2O)nc(-c2ccccc2O)n1. The molecule has 5 nitrogen and oxygen atoms in total. The van der Waals surface area contributed by atoms with E-state index in [-0.39, 0.29) is 11.5 Å². The number of hydrogen-bond acceptors (Lipinski definition) is 5. The van der Waals surface area contributed by atoms with Crippen molar-refractivity contribution in [1.82, 2.24) is 15.0 Å². The van der Waals surface area contributed by atoms with Gasteiger partial charge < -0.3 is 10.2 Å². The molecule has 37 heavy (non-hydrogen) atoms. The summed E-state index contributed by atoms with van der Waals surface area (Å²) in [6.45, 7) is 2.28. The van der Waals surface area contributed by atoms with Crippen LogP contribution in [-0.4, -0.2) is 25.2 Å². The Balaban J connectivity index is 1.41. The van der Waals surface area contributed by atoms with Gasteiger partial charge in [-0.15, -0.1) is 0 Å². The van der Waals surface area contributed by atoms with Crippen LogP contribution < -0.4 is 0 Å². The lowest BCUT2D eigenvalue weighted by Crippen LogP contribution is -2.03. The highest BCUT2D eigenvalue weighted by atomic mass is 16.3. The van der Waals surface area contributed by atoms with Gasteiger partial charge in [-0.2, -0.15) is 0 Å². The maximum atomic E-state index is 10.3. The summed E-state index contributed by atoms with van der Waals surface area (Å²) >= 11 is 0. The van der Waals surface area contributed by atoms with Crippen LogP contribution >= 0.6 is 0 Å². The maximum Gasteiger partial charge on any atom is 0.167 e. The number of benzene rings is 2. The Morgan fingerprint density at radius 3 is 1.27 bits per heavy atom. The number of phenolic OH excluding ortho intramolecular Hbond substituents is 2. The minimum absolute atomic E-state index is 0.134. The summed E-state index contributed by atoms with van der Waals surface area (Å²) in [7, 11) is 0. The second-order valence-electron chi connectivity index (χ2n) is 10.1. The average Bonchev–Trinajstić information content (AvgIpc) is 2.91. The molecule has 1 heterocycles. The van der Waals surface area contributed by atoms with Gasteiger partial charge in [0.2, 0.25) is 0 Å². The van der Waals surface area contributed by atoms with E-state index in [4.69, 9.17) is 0 Å². The molecule has 3 aromatic rings. The Hall–Kier alpha value is -2.95. The van der Waals surface area contributed by atoms with E-state index in [2.05, 4.69) is 21.9 Å².